The Bertz CT molecular complexity index is 194. The standard InChI is InChI=1S/C9H14O4/c1-2-3-11-7-5-13-8-6(10)4-12-9(7)8/h2,6-10H,1,3-5H2/t6-,7+,8-,9-/m1/s1. The van der Waals surface area contributed by atoms with Crippen LogP contribution < -0.4 is 0 Å². The first-order chi connectivity index (χ1) is 6.33. The molecular weight excluding hydrogens is 172 g/mol. The summed E-state index contributed by atoms with van der Waals surface area (Å²) in [4.78, 5) is 0. The molecule has 0 bridgehead atoms. The van der Waals surface area contributed by atoms with Gasteiger partial charge in [0.15, 0.2) is 0 Å². The Labute approximate surface area is 77.1 Å². The quantitative estimate of drug-likeness (QED) is 0.616. The van der Waals surface area contributed by atoms with Crippen molar-refractivity contribution in [2.24, 2.45) is 0 Å². The average molecular weight is 186 g/mol. The first-order valence-electron chi connectivity index (χ1n) is 4.46. The van der Waals surface area contributed by atoms with Gasteiger partial charge in [0.05, 0.1) is 19.8 Å². The normalized spacial score (nSPS) is 43.5. The highest BCUT2D eigenvalue weighted by atomic mass is 16.6. The van der Waals surface area contributed by atoms with E-state index in [-0.39, 0.29) is 18.3 Å². The molecule has 0 aromatic rings. The third-order valence-corrected chi connectivity index (χ3v) is 2.41. The molecule has 2 heterocycles. The van der Waals surface area contributed by atoms with Crippen molar-refractivity contribution in [3.63, 3.8) is 0 Å². The molecule has 0 spiro atoms. The van der Waals surface area contributed by atoms with Gasteiger partial charge >= 0.3 is 0 Å². The third kappa shape index (κ3) is 1.62. The molecule has 0 saturated carbocycles. The molecule has 0 aromatic heterocycles. The fraction of sp³-hybridized carbons (Fsp3) is 0.778. The van der Waals surface area contributed by atoms with Gasteiger partial charge in [-0.2, -0.15) is 0 Å². The Morgan fingerprint density at radius 1 is 1.38 bits per heavy atom. The second kappa shape index (κ2) is 3.75. The molecule has 13 heavy (non-hydrogen) atoms. The summed E-state index contributed by atoms with van der Waals surface area (Å²) >= 11 is 0. The molecule has 74 valence electrons. The largest absolute Gasteiger partial charge is 0.388 e. The van der Waals surface area contributed by atoms with Crippen LogP contribution in [0.25, 0.3) is 0 Å². The first kappa shape index (κ1) is 9.15. The summed E-state index contributed by atoms with van der Waals surface area (Å²) in [6, 6.07) is 0. The summed E-state index contributed by atoms with van der Waals surface area (Å²) in [5.41, 5.74) is 0. The smallest absolute Gasteiger partial charge is 0.115 e. The molecule has 2 saturated heterocycles. The molecule has 4 heteroatoms. The maximum atomic E-state index is 9.42. The molecule has 0 radical (unpaired) electrons. The van der Waals surface area contributed by atoms with Gasteiger partial charge in [0.2, 0.25) is 0 Å². The highest BCUT2D eigenvalue weighted by Gasteiger charge is 2.47. The highest BCUT2D eigenvalue weighted by molar-refractivity contribution is 4.95. The molecule has 2 fully saturated rings. The van der Waals surface area contributed by atoms with E-state index in [0.717, 1.165) is 0 Å². The topological polar surface area (TPSA) is 47.9 Å². The van der Waals surface area contributed by atoms with Gasteiger partial charge in [0.1, 0.15) is 24.4 Å². The van der Waals surface area contributed by atoms with Crippen molar-refractivity contribution in [2.75, 3.05) is 19.8 Å². The van der Waals surface area contributed by atoms with E-state index in [9.17, 15) is 5.11 Å². The molecule has 2 aliphatic rings. The second-order valence-electron chi connectivity index (χ2n) is 3.32. The Hall–Kier alpha value is -0.420. The van der Waals surface area contributed by atoms with Crippen molar-refractivity contribution in [3.05, 3.63) is 12.7 Å². The van der Waals surface area contributed by atoms with Crippen molar-refractivity contribution in [2.45, 2.75) is 24.4 Å². The van der Waals surface area contributed by atoms with Gasteiger partial charge < -0.3 is 19.3 Å². The molecule has 1 N–H and O–H groups in total. The Morgan fingerprint density at radius 2 is 2.15 bits per heavy atom. The lowest BCUT2D eigenvalue weighted by atomic mass is 10.1. The average Bonchev–Trinajstić information content (AvgIpc) is 2.67. The maximum absolute atomic E-state index is 9.42. The zero-order chi connectivity index (χ0) is 9.26. The predicted molar refractivity (Wildman–Crippen MR) is 45.4 cm³/mol. The van der Waals surface area contributed by atoms with Crippen molar-refractivity contribution < 1.29 is 19.3 Å². The van der Waals surface area contributed by atoms with E-state index in [1.807, 2.05) is 0 Å². The molecule has 0 aromatic carbocycles. The Morgan fingerprint density at radius 3 is 2.92 bits per heavy atom. The van der Waals surface area contributed by atoms with Gasteiger partial charge in [0, 0.05) is 0 Å². The van der Waals surface area contributed by atoms with Gasteiger partial charge in [-0.05, 0) is 0 Å². The predicted octanol–water partition coefficient (Wildman–Crippen LogP) is -0.284. The lowest BCUT2D eigenvalue weighted by Crippen LogP contribution is -2.32. The van der Waals surface area contributed by atoms with E-state index >= 15 is 0 Å². The van der Waals surface area contributed by atoms with E-state index in [1.54, 1.807) is 6.08 Å². The number of ether oxygens (including phenoxy) is 3. The van der Waals surface area contributed by atoms with Crippen LogP contribution in [0.15, 0.2) is 12.7 Å². The monoisotopic (exact) mass is 186 g/mol. The lowest BCUT2D eigenvalue weighted by Gasteiger charge is -2.15. The summed E-state index contributed by atoms with van der Waals surface area (Å²) in [5.74, 6) is 0. The van der Waals surface area contributed by atoms with E-state index in [2.05, 4.69) is 6.58 Å². The van der Waals surface area contributed by atoms with E-state index < -0.39 is 6.10 Å². The number of aliphatic hydroxyl groups is 1. The molecule has 2 rings (SSSR count). The molecule has 0 aliphatic carbocycles. The zero-order valence-corrected chi connectivity index (χ0v) is 7.39. The summed E-state index contributed by atoms with van der Waals surface area (Å²) in [6.07, 6.45) is 0.839. The SMILES string of the molecule is C=CCO[C@H]1CO[C@H]2[C@@H]1OC[C@H]2O. The molecule has 2 aliphatic heterocycles. The van der Waals surface area contributed by atoms with Crippen LogP contribution in [0.3, 0.4) is 0 Å². The first-order valence-corrected chi connectivity index (χ1v) is 4.46. The number of fused-ring (bicyclic) bond motifs is 1. The van der Waals surface area contributed by atoms with Crippen LogP contribution in [0.4, 0.5) is 0 Å². The van der Waals surface area contributed by atoms with Crippen molar-refractivity contribution in [1.82, 2.24) is 0 Å². The van der Waals surface area contributed by atoms with Crippen molar-refractivity contribution in [1.29, 1.82) is 0 Å². The van der Waals surface area contributed by atoms with Gasteiger partial charge in [0.25, 0.3) is 0 Å². The Kier molecular flexibility index (Phi) is 2.64. The fourth-order valence-electron chi connectivity index (χ4n) is 1.78. The van der Waals surface area contributed by atoms with Gasteiger partial charge in [-0.1, -0.05) is 6.08 Å². The number of hydrogen-bond acceptors (Lipinski definition) is 4. The van der Waals surface area contributed by atoms with Crippen LogP contribution in [0.1, 0.15) is 0 Å². The van der Waals surface area contributed by atoms with Crippen LogP contribution >= 0.6 is 0 Å². The van der Waals surface area contributed by atoms with E-state index in [1.165, 1.54) is 0 Å². The summed E-state index contributed by atoms with van der Waals surface area (Å²) in [7, 11) is 0. The summed E-state index contributed by atoms with van der Waals surface area (Å²) in [6.45, 7) is 4.91. The number of aliphatic hydroxyl groups excluding tert-OH is 1. The number of hydrogen-bond donors (Lipinski definition) is 1. The highest BCUT2D eigenvalue weighted by Crippen LogP contribution is 2.28. The molecular formula is C9H14O4. The van der Waals surface area contributed by atoms with Crippen LogP contribution in [-0.4, -0.2) is 49.3 Å². The lowest BCUT2D eigenvalue weighted by molar-refractivity contribution is -0.0279. The third-order valence-electron chi connectivity index (χ3n) is 2.41. The molecule has 4 nitrogen and oxygen atoms in total. The summed E-state index contributed by atoms with van der Waals surface area (Å²) in [5, 5.41) is 9.42. The van der Waals surface area contributed by atoms with E-state index in [4.69, 9.17) is 14.2 Å². The number of rotatable bonds is 3. The zero-order valence-electron chi connectivity index (χ0n) is 7.39. The van der Waals surface area contributed by atoms with Gasteiger partial charge in [-0.15, -0.1) is 6.58 Å². The van der Waals surface area contributed by atoms with Crippen molar-refractivity contribution >= 4 is 0 Å². The summed E-state index contributed by atoms with van der Waals surface area (Å²) < 4.78 is 16.2. The maximum Gasteiger partial charge on any atom is 0.115 e. The fourth-order valence-corrected chi connectivity index (χ4v) is 1.78. The molecule has 0 unspecified atom stereocenters. The van der Waals surface area contributed by atoms with Crippen LogP contribution in [0, 0.1) is 0 Å². The van der Waals surface area contributed by atoms with Crippen LogP contribution in [0.2, 0.25) is 0 Å². The minimum Gasteiger partial charge on any atom is -0.388 e. The van der Waals surface area contributed by atoms with Crippen molar-refractivity contribution in [3.8, 4) is 0 Å². The van der Waals surface area contributed by atoms with Crippen LogP contribution in [0.5, 0.6) is 0 Å². The minimum absolute atomic E-state index is 0.0554. The Balaban J connectivity index is 1.90. The minimum atomic E-state index is -0.498. The van der Waals surface area contributed by atoms with Gasteiger partial charge in [-0.25, -0.2) is 0 Å². The van der Waals surface area contributed by atoms with Crippen LogP contribution in [-0.2, 0) is 14.2 Å². The molecule has 4 atom stereocenters. The van der Waals surface area contributed by atoms with Gasteiger partial charge in [-0.3, -0.25) is 0 Å². The second-order valence-corrected chi connectivity index (χ2v) is 3.32. The van der Waals surface area contributed by atoms with E-state index in [0.29, 0.717) is 19.8 Å². The molecule has 0 amide bonds.